The first-order chi connectivity index (χ1) is 9.42. The van der Waals surface area contributed by atoms with Crippen LogP contribution in [0.25, 0.3) is 0 Å². The predicted octanol–water partition coefficient (Wildman–Crippen LogP) is 1.99. The Morgan fingerprint density at radius 3 is 2.30 bits per heavy atom. The predicted molar refractivity (Wildman–Crippen MR) is 76.9 cm³/mol. The number of nitrogens with zero attached hydrogens (tertiary/aromatic N) is 1. The molecule has 0 saturated heterocycles. The second kappa shape index (κ2) is 5.60. The Hall–Kier alpha value is -1.92. The molecule has 0 bridgehead atoms. The van der Waals surface area contributed by atoms with E-state index >= 15 is 0 Å². The van der Waals surface area contributed by atoms with E-state index in [2.05, 4.69) is 9.71 Å². The molecule has 0 aliphatic rings. The summed E-state index contributed by atoms with van der Waals surface area (Å²) in [5, 5.41) is 8.96. The minimum Gasteiger partial charge on any atom is -0.392 e. The third kappa shape index (κ3) is 3.15. The number of aromatic nitrogens is 1. The van der Waals surface area contributed by atoms with Crippen molar-refractivity contribution in [2.75, 3.05) is 4.72 Å². The molecule has 6 heteroatoms. The highest BCUT2D eigenvalue weighted by Gasteiger charge is 2.15. The molecule has 0 amide bonds. The van der Waals surface area contributed by atoms with Crippen molar-refractivity contribution in [1.29, 1.82) is 0 Å². The molecular formula is C14H16N2O3S. The summed E-state index contributed by atoms with van der Waals surface area (Å²) in [4.78, 5) is 4.37. The zero-order chi connectivity index (χ0) is 14.8. The van der Waals surface area contributed by atoms with Crippen LogP contribution >= 0.6 is 0 Å². The van der Waals surface area contributed by atoms with Gasteiger partial charge in [0.25, 0.3) is 10.0 Å². The standard InChI is InChI=1S/C14H16N2O3S/c1-10-3-8-14(11(2)15-10)16-20(18,19)13-6-4-12(9-17)5-7-13/h3-8,16-17H,9H2,1-2H3. The highest BCUT2D eigenvalue weighted by atomic mass is 32.2. The van der Waals surface area contributed by atoms with Crippen LogP contribution in [-0.2, 0) is 16.6 Å². The van der Waals surface area contributed by atoms with E-state index in [1.807, 2.05) is 6.92 Å². The second-order valence-electron chi connectivity index (χ2n) is 4.49. The van der Waals surface area contributed by atoms with Crippen LogP contribution in [0.4, 0.5) is 5.69 Å². The van der Waals surface area contributed by atoms with Gasteiger partial charge in [0.1, 0.15) is 0 Å². The van der Waals surface area contributed by atoms with Crippen LogP contribution in [0.5, 0.6) is 0 Å². The van der Waals surface area contributed by atoms with Gasteiger partial charge < -0.3 is 5.11 Å². The van der Waals surface area contributed by atoms with Crippen LogP contribution in [-0.4, -0.2) is 18.5 Å². The van der Waals surface area contributed by atoms with Crippen LogP contribution < -0.4 is 4.72 Å². The number of anilines is 1. The van der Waals surface area contributed by atoms with Gasteiger partial charge >= 0.3 is 0 Å². The summed E-state index contributed by atoms with van der Waals surface area (Å²) in [6.07, 6.45) is 0. The van der Waals surface area contributed by atoms with E-state index in [1.165, 1.54) is 12.1 Å². The quantitative estimate of drug-likeness (QED) is 0.903. The van der Waals surface area contributed by atoms with Crippen molar-refractivity contribution in [3.63, 3.8) is 0 Å². The molecule has 1 aromatic carbocycles. The van der Waals surface area contributed by atoms with Gasteiger partial charge in [-0.15, -0.1) is 0 Å². The first-order valence-electron chi connectivity index (χ1n) is 6.09. The Kier molecular flexibility index (Phi) is 4.06. The van der Waals surface area contributed by atoms with Gasteiger partial charge in [0.05, 0.1) is 22.9 Å². The van der Waals surface area contributed by atoms with Crippen molar-refractivity contribution in [2.45, 2.75) is 25.3 Å². The Labute approximate surface area is 118 Å². The highest BCUT2D eigenvalue weighted by Crippen LogP contribution is 2.19. The molecular weight excluding hydrogens is 276 g/mol. The average molecular weight is 292 g/mol. The molecule has 1 aromatic heterocycles. The minimum absolute atomic E-state index is 0.116. The van der Waals surface area contributed by atoms with Crippen LogP contribution in [0.1, 0.15) is 17.0 Å². The lowest BCUT2D eigenvalue weighted by atomic mass is 10.2. The molecule has 1 heterocycles. The maximum atomic E-state index is 12.2. The Morgan fingerprint density at radius 2 is 1.75 bits per heavy atom. The van der Waals surface area contributed by atoms with E-state index in [4.69, 9.17) is 5.11 Å². The van der Waals surface area contributed by atoms with Gasteiger partial charge in [0.2, 0.25) is 0 Å². The molecule has 0 saturated carbocycles. The molecule has 20 heavy (non-hydrogen) atoms. The van der Waals surface area contributed by atoms with Crippen molar-refractivity contribution in [1.82, 2.24) is 4.98 Å². The fourth-order valence-electron chi connectivity index (χ4n) is 1.77. The lowest BCUT2D eigenvalue weighted by Crippen LogP contribution is -2.14. The van der Waals surface area contributed by atoms with E-state index in [0.29, 0.717) is 16.9 Å². The van der Waals surface area contributed by atoms with E-state index < -0.39 is 10.0 Å². The summed E-state index contributed by atoms with van der Waals surface area (Å²) in [6, 6.07) is 9.52. The number of pyridine rings is 1. The molecule has 0 radical (unpaired) electrons. The second-order valence-corrected chi connectivity index (χ2v) is 6.18. The van der Waals surface area contributed by atoms with Crippen molar-refractivity contribution in [2.24, 2.45) is 0 Å². The van der Waals surface area contributed by atoms with Gasteiger partial charge in [-0.3, -0.25) is 9.71 Å². The molecule has 106 valence electrons. The normalized spacial score (nSPS) is 11.3. The lowest BCUT2D eigenvalue weighted by molar-refractivity contribution is 0.282. The summed E-state index contributed by atoms with van der Waals surface area (Å²) in [7, 11) is -3.65. The van der Waals surface area contributed by atoms with Crippen molar-refractivity contribution in [3.05, 3.63) is 53.3 Å². The zero-order valence-electron chi connectivity index (χ0n) is 11.3. The highest BCUT2D eigenvalue weighted by molar-refractivity contribution is 7.92. The molecule has 0 aliphatic heterocycles. The van der Waals surface area contributed by atoms with E-state index in [1.54, 1.807) is 31.2 Å². The number of hydrogen-bond acceptors (Lipinski definition) is 4. The van der Waals surface area contributed by atoms with E-state index in [9.17, 15) is 8.42 Å². The van der Waals surface area contributed by atoms with Crippen molar-refractivity contribution >= 4 is 15.7 Å². The van der Waals surface area contributed by atoms with Gasteiger partial charge in [-0.05, 0) is 43.7 Å². The summed E-state index contributed by atoms with van der Waals surface area (Å²) in [5.74, 6) is 0. The number of sulfonamides is 1. The van der Waals surface area contributed by atoms with Crippen molar-refractivity contribution < 1.29 is 13.5 Å². The molecule has 0 fully saturated rings. The smallest absolute Gasteiger partial charge is 0.261 e. The first kappa shape index (κ1) is 14.5. The molecule has 0 atom stereocenters. The van der Waals surface area contributed by atoms with Gasteiger partial charge in [0.15, 0.2) is 0 Å². The summed E-state index contributed by atoms with van der Waals surface area (Å²) >= 11 is 0. The molecule has 0 aliphatic carbocycles. The summed E-state index contributed by atoms with van der Waals surface area (Å²) < 4.78 is 27.0. The summed E-state index contributed by atoms with van der Waals surface area (Å²) in [5.41, 5.74) is 2.58. The fourth-order valence-corrected chi connectivity index (χ4v) is 2.89. The number of aliphatic hydroxyl groups is 1. The number of aliphatic hydroxyl groups excluding tert-OH is 1. The molecule has 0 spiro atoms. The lowest BCUT2D eigenvalue weighted by Gasteiger charge is -2.10. The van der Waals surface area contributed by atoms with E-state index in [-0.39, 0.29) is 11.5 Å². The minimum atomic E-state index is -3.65. The number of aryl methyl sites for hydroxylation is 2. The van der Waals surface area contributed by atoms with Gasteiger partial charge in [-0.2, -0.15) is 0 Å². The van der Waals surface area contributed by atoms with Crippen LogP contribution in [0.3, 0.4) is 0 Å². The largest absolute Gasteiger partial charge is 0.392 e. The first-order valence-corrected chi connectivity index (χ1v) is 7.57. The maximum Gasteiger partial charge on any atom is 0.261 e. The van der Waals surface area contributed by atoms with Crippen LogP contribution in [0.2, 0.25) is 0 Å². The third-order valence-electron chi connectivity index (χ3n) is 2.89. The van der Waals surface area contributed by atoms with E-state index in [0.717, 1.165) is 5.69 Å². The average Bonchev–Trinajstić information content (AvgIpc) is 2.42. The van der Waals surface area contributed by atoms with Gasteiger partial charge in [-0.1, -0.05) is 12.1 Å². The Morgan fingerprint density at radius 1 is 1.10 bits per heavy atom. The maximum absolute atomic E-state index is 12.2. The molecule has 0 unspecified atom stereocenters. The molecule has 2 rings (SSSR count). The zero-order valence-corrected chi connectivity index (χ0v) is 12.1. The van der Waals surface area contributed by atoms with Crippen LogP contribution in [0, 0.1) is 13.8 Å². The SMILES string of the molecule is Cc1ccc(NS(=O)(=O)c2ccc(CO)cc2)c(C)n1. The van der Waals surface area contributed by atoms with Crippen LogP contribution in [0.15, 0.2) is 41.3 Å². The van der Waals surface area contributed by atoms with Gasteiger partial charge in [0, 0.05) is 5.69 Å². The Balaban J connectivity index is 2.30. The number of rotatable bonds is 4. The monoisotopic (exact) mass is 292 g/mol. The van der Waals surface area contributed by atoms with Crippen molar-refractivity contribution in [3.8, 4) is 0 Å². The number of hydrogen-bond donors (Lipinski definition) is 2. The molecule has 2 aromatic rings. The van der Waals surface area contributed by atoms with Gasteiger partial charge in [-0.25, -0.2) is 8.42 Å². The number of nitrogens with one attached hydrogen (secondary N) is 1. The third-order valence-corrected chi connectivity index (χ3v) is 4.27. The fraction of sp³-hybridized carbons (Fsp3) is 0.214. The molecule has 2 N–H and O–H groups in total. The topological polar surface area (TPSA) is 79.3 Å². The molecule has 5 nitrogen and oxygen atoms in total. The number of benzene rings is 1. The Bertz CT molecular complexity index is 710. The summed E-state index contributed by atoms with van der Waals surface area (Å²) in [6.45, 7) is 3.48.